The van der Waals surface area contributed by atoms with Crippen molar-refractivity contribution < 1.29 is 38.9 Å². The fraction of sp³-hybridized carbons (Fsp3) is 0.300. The highest BCUT2D eigenvalue weighted by molar-refractivity contribution is 6.03. The Bertz CT molecular complexity index is 713. The van der Waals surface area contributed by atoms with Crippen molar-refractivity contribution in [1.82, 2.24) is 0 Å². The van der Waals surface area contributed by atoms with E-state index in [0.29, 0.717) is 0 Å². The molecule has 1 rings (SSSR count). The first-order valence-electron chi connectivity index (χ1n) is 8.44. The number of hydrogen-bond donors (Lipinski definition) is 2. The minimum Gasteiger partial charge on any atom is -0.459 e. The van der Waals surface area contributed by atoms with Gasteiger partial charge in [-0.3, -0.25) is 9.59 Å². The molecule has 150 valence electrons. The van der Waals surface area contributed by atoms with Crippen molar-refractivity contribution in [3.8, 4) is 0 Å². The van der Waals surface area contributed by atoms with Crippen molar-refractivity contribution in [2.75, 3.05) is 13.2 Å². The van der Waals surface area contributed by atoms with E-state index in [9.17, 15) is 29.4 Å². The van der Waals surface area contributed by atoms with E-state index < -0.39 is 48.9 Å². The van der Waals surface area contributed by atoms with Gasteiger partial charge in [-0.25, -0.2) is 9.59 Å². The number of rotatable bonds is 10. The van der Waals surface area contributed by atoms with E-state index >= 15 is 0 Å². The van der Waals surface area contributed by atoms with Crippen LogP contribution in [-0.2, 0) is 19.1 Å². The molecule has 0 fully saturated rings. The van der Waals surface area contributed by atoms with Crippen LogP contribution in [0.4, 0.5) is 0 Å². The number of carbonyl (C=O) groups excluding carboxylic acids is 4. The summed E-state index contributed by atoms with van der Waals surface area (Å²) >= 11 is 0. The van der Waals surface area contributed by atoms with Crippen LogP contribution < -0.4 is 0 Å². The molecule has 0 saturated heterocycles. The van der Waals surface area contributed by atoms with E-state index in [1.54, 1.807) is 13.8 Å². The van der Waals surface area contributed by atoms with Crippen LogP contribution >= 0.6 is 0 Å². The molecule has 2 unspecified atom stereocenters. The third kappa shape index (κ3) is 6.90. The molecule has 1 aromatic carbocycles. The summed E-state index contributed by atoms with van der Waals surface area (Å²) in [6.07, 6.45) is 2.12. The van der Waals surface area contributed by atoms with Crippen molar-refractivity contribution in [3.63, 3.8) is 0 Å². The van der Waals surface area contributed by atoms with Crippen LogP contribution in [0.25, 0.3) is 0 Å². The predicted molar refractivity (Wildman–Crippen MR) is 98.7 cm³/mol. The van der Waals surface area contributed by atoms with Crippen LogP contribution in [0.1, 0.15) is 34.6 Å². The number of aliphatic hydroxyl groups is 2. The third-order valence-electron chi connectivity index (χ3n) is 3.43. The van der Waals surface area contributed by atoms with E-state index in [0.717, 1.165) is 12.2 Å². The molecule has 0 radical (unpaired) electrons. The number of esters is 2. The first-order chi connectivity index (χ1) is 13.3. The number of ketones is 2. The Morgan fingerprint density at radius 3 is 1.50 bits per heavy atom. The first kappa shape index (κ1) is 22.9. The molecule has 2 N–H and O–H groups in total. The van der Waals surface area contributed by atoms with Gasteiger partial charge in [-0.1, -0.05) is 24.3 Å². The summed E-state index contributed by atoms with van der Waals surface area (Å²) < 4.78 is 9.76. The fourth-order valence-corrected chi connectivity index (χ4v) is 2.02. The van der Waals surface area contributed by atoms with Gasteiger partial charge in [0.25, 0.3) is 0 Å². The zero-order valence-electron chi connectivity index (χ0n) is 15.5. The maximum Gasteiger partial charge on any atom is 0.339 e. The van der Waals surface area contributed by atoms with Gasteiger partial charge >= 0.3 is 11.9 Å². The number of ether oxygens (including phenoxy) is 2. The molecule has 0 bridgehead atoms. The van der Waals surface area contributed by atoms with Crippen molar-refractivity contribution >= 4 is 23.5 Å². The smallest absolute Gasteiger partial charge is 0.339 e. The molecular formula is C20H22O8. The van der Waals surface area contributed by atoms with Gasteiger partial charge in [-0.2, -0.15) is 0 Å². The molecule has 0 saturated carbocycles. The van der Waals surface area contributed by atoms with Crippen LogP contribution in [0.15, 0.2) is 48.6 Å². The highest BCUT2D eigenvalue weighted by Crippen LogP contribution is 2.13. The number of aliphatic hydroxyl groups excluding tert-OH is 2. The monoisotopic (exact) mass is 390 g/mol. The van der Waals surface area contributed by atoms with E-state index in [4.69, 9.17) is 9.47 Å². The third-order valence-corrected chi connectivity index (χ3v) is 3.43. The van der Waals surface area contributed by atoms with E-state index in [1.165, 1.54) is 36.4 Å². The second-order valence-electron chi connectivity index (χ2n) is 5.58. The Hall–Kier alpha value is -3.10. The molecule has 8 heteroatoms. The fourth-order valence-electron chi connectivity index (χ4n) is 2.02. The van der Waals surface area contributed by atoms with E-state index in [2.05, 4.69) is 0 Å². The molecule has 8 nitrogen and oxygen atoms in total. The lowest BCUT2D eigenvalue weighted by Crippen LogP contribution is -2.28. The summed E-state index contributed by atoms with van der Waals surface area (Å²) in [5.41, 5.74) is -0.292. The minimum atomic E-state index is -1.52. The highest BCUT2D eigenvalue weighted by Gasteiger charge is 2.22. The molecule has 1 aromatic rings. The van der Waals surface area contributed by atoms with E-state index in [-0.39, 0.29) is 11.1 Å². The van der Waals surface area contributed by atoms with Gasteiger partial charge in [0.2, 0.25) is 0 Å². The molecular weight excluding hydrogens is 368 g/mol. The Morgan fingerprint density at radius 2 is 1.18 bits per heavy atom. The normalized spacial score (nSPS) is 13.3. The SMILES string of the molecule is CC=CC(=O)C(O)COC(=O)c1ccccc1C(=O)OCC(O)C(=O)C=CC. The van der Waals surface area contributed by atoms with Gasteiger partial charge in [-0.05, 0) is 38.1 Å². The van der Waals surface area contributed by atoms with Crippen molar-refractivity contribution in [2.45, 2.75) is 26.1 Å². The number of allylic oxidation sites excluding steroid dienone is 2. The van der Waals surface area contributed by atoms with Crippen LogP contribution in [0.5, 0.6) is 0 Å². The topological polar surface area (TPSA) is 127 Å². The quantitative estimate of drug-likeness (QED) is 0.448. The summed E-state index contributed by atoms with van der Waals surface area (Å²) in [7, 11) is 0. The van der Waals surface area contributed by atoms with Crippen molar-refractivity contribution in [1.29, 1.82) is 0 Å². The van der Waals surface area contributed by atoms with Gasteiger partial charge in [0, 0.05) is 0 Å². The van der Waals surface area contributed by atoms with Crippen molar-refractivity contribution in [3.05, 3.63) is 59.7 Å². The standard InChI is InChI=1S/C20H22O8/c1-3-7-15(21)17(23)11-27-19(25)13-9-5-6-10-14(13)20(26)28-12-18(24)16(22)8-4-2/h3-10,17-18,23-24H,11-12H2,1-2H3. The zero-order chi connectivity index (χ0) is 21.1. The summed E-state index contributed by atoms with van der Waals surface area (Å²) in [4.78, 5) is 47.3. The lowest BCUT2D eigenvalue weighted by Gasteiger charge is -2.12. The van der Waals surface area contributed by atoms with Gasteiger partial charge in [0.15, 0.2) is 23.8 Å². The van der Waals surface area contributed by atoms with Gasteiger partial charge in [0.05, 0.1) is 11.1 Å². The van der Waals surface area contributed by atoms with Gasteiger partial charge < -0.3 is 19.7 Å². The number of hydrogen-bond acceptors (Lipinski definition) is 8. The average Bonchev–Trinajstić information content (AvgIpc) is 2.69. The minimum absolute atomic E-state index is 0.146. The maximum atomic E-state index is 12.2. The summed E-state index contributed by atoms with van der Waals surface area (Å²) in [6, 6.07) is 5.58. The zero-order valence-corrected chi connectivity index (χ0v) is 15.5. The lowest BCUT2D eigenvalue weighted by atomic mass is 10.1. The van der Waals surface area contributed by atoms with Crippen molar-refractivity contribution in [2.24, 2.45) is 0 Å². The maximum absolute atomic E-state index is 12.2. The van der Waals surface area contributed by atoms with Crippen LogP contribution in [0, 0.1) is 0 Å². The highest BCUT2D eigenvalue weighted by atomic mass is 16.5. The molecule has 0 heterocycles. The van der Waals surface area contributed by atoms with Gasteiger partial charge in [0.1, 0.15) is 13.2 Å². The Balaban J connectivity index is 2.78. The summed E-state index contributed by atoms with van der Waals surface area (Å²) in [5.74, 6) is -3.12. The average molecular weight is 390 g/mol. The van der Waals surface area contributed by atoms with E-state index in [1.807, 2.05) is 0 Å². The second kappa shape index (κ2) is 11.6. The molecule has 28 heavy (non-hydrogen) atoms. The number of carbonyl (C=O) groups is 4. The first-order valence-corrected chi connectivity index (χ1v) is 8.44. The van der Waals surface area contributed by atoms with Crippen LogP contribution in [0.2, 0.25) is 0 Å². The molecule has 0 aliphatic heterocycles. The summed E-state index contributed by atoms with van der Waals surface area (Å²) in [5, 5.41) is 19.3. The second-order valence-corrected chi connectivity index (χ2v) is 5.58. The van der Waals surface area contributed by atoms with Crippen LogP contribution in [-0.4, -0.2) is 59.1 Å². The van der Waals surface area contributed by atoms with Crippen LogP contribution in [0.3, 0.4) is 0 Å². The van der Waals surface area contributed by atoms with Gasteiger partial charge in [-0.15, -0.1) is 0 Å². The number of benzene rings is 1. The predicted octanol–water partition coefficient (Wildman–Crippen LogP) is 1.01. The Labute approximate surface area is 162 Å². The molecule has 0 aliphatic rings. The lowest BCUT2D eigenvalue weighted by molar-refractivity contribution is -0.124. The molecule has 0 amide bonds. The molecule has 2 atom stereocenters. The largest absolute Gasteiger partial charge is 0.459 e. The Morgan fingerprint density at radius 1 is 0.821 bits per heavy atom. The molecule has 0 aromatic heterocycles. The Kier molecular flexibility index (Phi) is 9.49. The molecule has 0 aliphatic carbocycles. The summed E-state index contributed by atoms with van der Waals surface area (Å²) in [6.45, 7) is 2.03. The molecule has 0 spiro atoms.